The van der Waals surface area contributed by atoms with Crippen molar-refractivity contribution in [2.24, 2.45) is 0 Å². The van der Waals surface area contributed by atoms with Gasteiger partial charge >= 0.3 is 0 Å². The molecular formula is C16H9ClFN5O2. The van der Waals surface area contributed by atoms with Crippen molar-refractivity contribution in [2.45, 2.75) is 0 Å². The second-order valence-corrected chi connectivity index (χ2v) is 5.16. The molecular weight excluding hydrogens is 349 g/mol. The summed E-state index contributed by atoms with van der Waals surface area (Å²) >= 11 is 6.00. The molecule has 0 saturated carbocycles. The van der Waals surface area contributed by atoms with Crippen molar-refractivity contribution in [1.29, 1.82) is 0 Å². The number of fused-ring (bicyclic) bond motifs is 1. The third-order valence-corrected chi connectivity index (χ3v) is 3.50. The molecule has 2 heterocycles. The van der Waals surface area contributed by atoms with E-state index in [1.165, 1.54) is 6.33 Å². The van der Waals surface area contributed by atoms with Crippen LogP contribution in [0.1, 0.15) is 15.9 Å². The Labute approximate surface area is 145 Å². The molecule has 1 N–H and O–H groups in total. The molecule has 0 radical (unpaired) electrons. The van der Waals surface area contributed by atoms with Gasteiger partial charge in [-0.15, -0.1) is 4.79 Å². The zero-order valence-corrected chi connectivity index (χ0v) is 13.3. The van der Waals surface area contributed by atoms with Gasteiger partial charge in [-0.05, 0) is 18.2 Å². The lowest BCUT2D eigenvalue weighted by molar-refractivity contribution is 0.0954. The highest BCUT2D eigenvalue weighted by molar-refractivity contribution is 6.34. The van der Waals surface area contributed by atoms with Crippen molar-refractivity contribution in [2.75, 3.05) is 6.54 Å². The number of hydrogen-bond acceptors (Lipinski definition) is 5. The number of nitrogens with one attached hydrogen (secondary N) is 1. The first-order valence-corrected chi connectivity index (χ1v) is 7.34. The van der Waals surface area contributed by atoms with Gasteiger partial charge in [-0.2, -0.15) is 0 Å². The van der Waals surface area contributed by atoms with Gasteiger partial charge in [-0.25, -0.2) is 15.0 Å². The Kier molecular flexibility index (Phi) is 4.68. The number of carbonyl (C=O) groups excluding carboxylic acids is 1. The molecule has 3 aromatic rings. The summed E-state index contributed by atoms with van der Waals surface area (Å²) in [6.45, 7) is -0.0312. The summed E-state index contributed by atoms with van der Waals surface area (Å²) in [5.74, 6) is 4.82. The molecule has 2 aromatic heterocycles. The number of hydrogen-bond donors (Lipinski definition) is 1. The summed E-state index contributed by atoms with van der Waals surface area (Å²) in [5.41, 5.74) is -0.130. The third-order valence-electron chi connectivity index (χ3n) is 3.20. The molecule has 0 atom stereocenters. The lowest BCUT2D eigenvalue weighted by atomic mass is 10.1. The van der Waals surface area contributed by atoms with E-state index in [1.54, 1.807) is 18.2 Å². The number of rotatable bonds is 2. The van der Waals surface area contributed by atoms with E-state index in [9.17, 15) is 14.1 Å². The van der Waals surface area contributed by atoms with Gasteiger partial charge in [0.15, 0.2) is 0 Å². The maximum atomic E-state index is 13.0. The minimum absolute atomic E-state index is 0.0312. The van der Waals surface area contributed by atoms with Crippen LogP contribution in [-0.4, -0.2) is 32.2 Å². The SMILES string of the molecule is O=C(NCC#Cc1ccc2ncnc(Cl)c2c1)c1cncn(F)c1=O. The molecule has 0 saturated heterocycles. The first-order chi connectivity index (χ1) is 12.1. The second kappa shape index (κ2) is 7.07. The Morgan fingerprint density at radius 3 is 3.04 bits per heavy atom. The van der Waals surface area contributed by atoms with Crippen LogP contribution in [0.2, 0.25) is 5.15 Å². The molecule has 0 fully saturated rings. The highest BCUT2D eigenvalue weighted by Gasteiger charge is 2.11. The molecule has 124 valence electrons. The molecule has 1 amide bonds. The lowest BCUT2D eigenvalue weighted by Crippen LogP contribution is -2.31. The summed E-state index contributed by atoms with van der Waals surface area (Å²) in [6, 6.07) is 5.24. The van der Waals surface area contributed by atoms with Crippen molar-refractivity contribution < 1.29 is 9.28 Å². The highest BCUT2D eigenvalue weighted by Crippen LogP contribution is 2.19. The first-order valence-electron chi connectivity index (χ1n) is 6.96. The number of amides is 1. The first kappa shape index (κ1) is 16.5. The Hall–Kier alpha value is -3.31. The number of carbonyl (C=O) groups is 1. The van der Waals surface area contributed by atoms with Crippen LogP contribution in [-0.2, 0) is 0 Å². The van der Waals surface area contributed by atoms with Gasteiger partial charge in [0, 0.05) is 17.1 Å². The van der Waals surface area contributed by atoms with E-state index in [4.69, 9.17) is 11.6 Å². The molecule has 25 heavy (non-hydrogen) atoms. The van der Waals surface area contributed by atoms with Gasteiger partial charge < -0.3 is 5.32 Å². The molecule has 0 spiro atoms. The van der Waals surface area contributed by atoms with E-state index < -0.39 is 17.0 Å². The van der Waals surface area contributed by atoms with Gasteiger partial charge in [-0.3, -0.25) is 9.59 Å². The molecule has 0 aliphatic rings. The van der Waals surface area contributed by atoms with E-state index in [1.807, 2.05) is 0 Å². The fraction of sp³-hybridized carbons (Fsp3) is 0.0625. The van der Waals surface area contributed by atoms with E-state index in [2.05, 4.69) is 32.1 Å². The molecule has 1 aromatic carbocycles. The Morgan fingerprint density at radius 1 is 1.36 bits per heavy atom. The van der Waals surface area contributed by atoms with E-state index in [0.29, 0.717) is 27.9 Å². The Morgan fingerprint density at radius 2 is 2.20 bits per heavy atom. The average Bonchev–Trinajstić information content (AvgIpc) is 2.61. The van der Waals surface area contributed by atoms with Crippen molar-refractivity contribution in [1.82, 2.24) is 25.1 Å². The highest BCUT2D eigenvalue weighted by atomic mass is 35.5. The summed E-state index contributed by atoms with van der Waals surface area (Å²) in [6.07, 6.45) is 3.04. The van der Waals surface area contributed by atoms with Crippen LogP contribution in [0.25, 0.3) is 10.9 Å². The molecule has 0 aliphatic carbocycles. The fourth-order valence-corrected chi connectivity index (χ4v) is 2.21. The van der Waals surface area contributed by atoms with Crippen LogP contribution in [0.5, 0.6) is 0 Å². The van der Waals surface area contributed by atoms with E-state index >= 15 is 0 Å². The van der Waals surface area contributed by atoms with Gasteiger partial charge in [0.25, 0.3) is 11.5 Å². The summed E-state index contributed by atoms with van der Waals surface area (Å²) in [7, 11) is 0. The van der Waals surface area contributed by atoms with Gasteiger partial charge in [0.05, 0.1) is 12.1 Å². The van der Waals surface area contributed by atoms with Gasteiger partial charge in [0.2, 0.25) is 0 Å². The molecule has 0 bridgehead atoms. The smallest absolute Gasteiger partial charge is 0.294 e. The van der Waals surface area contributed by atoms with Crippen LogP contribution in [0.15, 0.2) is 41.8 Å². The summed E-state index contributed by atoms with van der Waals surface area (Å²) in [4.78, 5) is 34.4. The van der Waals surface area contributed by atoms with Crippen molar-refractivity contribution >= 4 is 28.4 Å². The number of benzene rings is 1. The van der Waals surface area contributed by atoms with Crippen molar-refractivity contribution in [3.05, 3.63) is 63.7 Å². The predicted octanol–water partition coefficient (Wildman–Crippen LogP) is 1.35. The number of aromatic nitrogens is 4. The van der Waals surface area contributed by atoms with Gasteiger partial charge in [-0.1, -0.05) is 27.9 Å². The minimum atomic E-state index is -1.08. The number of nitrogens with zero attached hydrogens (tertiary/aromatic N) is 4. The normalized spacial score (nSPS) is 10.2. The molecule has 9 heteroatoms. The zero-order valence-electron chi connectivity index (χ0n) is 12.5. The molecule has 3 rings (SSSR count). The van der Waals surface area contributed by atoms with Crippen LogP contribution in [0.4, 0.5) is 4.48 Å². The minimum Gasteiger partial charge on any atom is -0.341 e. The van der Waals surface area contributed by atoms with Crippen LogP contribution < -0.4 is 10.9 Å². The molecule has 7 nitrogen and oxygen atoms in total. The largest absolute Gasteiger partial charge is 0.341 e. The summed E-state index contributed by atoms with van der Waals surface area (Å²) < 4.78 is 13.0. The zero-order chi connectivity index (χ0) is 17.8. The Bertz CT molecular complexity index is 1090. The van der Waals surface area contributed by atoms with E-state index in [0.717, 1.165) is 6.20 Å². The maximum Gasteiger partial charge on any atom is 0.294 e. The van der Waals surface area contributed by atoms with Crippen LogP contribution in [0.3, 0.4) is 0 Å². The number of halogens is 2. The topological polar surface area (TPSA) is 89.8 Å². The molecule has 0 unspecified atom stereocenters. The fourth-order valence-electron chi connectivity index (χ4n) is 2.01. The van der Waals surface area contributed by atoms with E-state index in [-0.39, 0.29) is 11.3 Å². The Balaban J connectivity index is 1.71. The predicted molar refractivity (Wildman–Crippen MR) is 88.8 cm³/mol. The molecule has 0 aliphatic heterocycles. The lowest BCUT2D eigenvalue weighted by Gasteiger charge is -2.00. The van der Waals surface area contributed by atoms with Crippen LogP contribution >= 0.6 is 11.6 Å². The van der Waals surface area contributed by atoms with Crippen molar-refractivity contribution in [3.63, 3.8) is 0 Å². The quantitative estimate of drug-likeness (QED) is 0.552. The van der Waals surface area contributed by atoms with Gasteiger partial charge in [0.1, 0.15) is 23.4 Å². The summed E-state index contributed by atoms with van der Waals surface area (Å²) in [5, 5.41) is 3.39. The standard InChI is InChI=1S/C16H9ClFN5O2/c17-14-11-6-10(3-4-13(11)21-8-22-14)2-1-5-20-15(24)12-7-19-9-23(18)16(12)25/h3-4,6-9H,5H2,(H,20,24). The maximum absolute atomic E-state index is 13.0. The third kappa shape index (κ3) is 3.62. The average molecular weight is 358 g/mol. The second-order valence-electron chi connectivity index (χ2n) is 4.80. The van der Waals surface area contributed by atoms with Crippen molar-refractivity contribution in [3.8, 4) is 11.8 Å². The van der Waals surface area contributed by atoms with Crippen LogP contribution in [0, 0.1) is 11.8 Å². The monoisotopic (exact) mass is 357 g/mol.